The molecule has 1 unspecified atom stereocenters. The lowest BCUT2D eigenvalue weighted by Gasteiger charge is -2.11. The summed E-state index contributed by atoms with van der Waals surface area (Å²) in [5.41, 5.74) is 0.703. The molecule has 16 heavy (non-hydrogen) atoms. The summed E-state index contributed by atoms with van der Waals surface area (Å²) in [5, 5.41) is 17.8. The van der Waals surface area contributed by atoms with E-state index < -0.39 is 12.1 Å². The fourth-order valence-electron chi connectivity index (χ4n) is 1.21. The fourth-order valence-corrected chi connectivity index (χ4v) is 1.21. The molecule has 0 aliphatic rings. The lowest BCUT2D eigenvalue weighted by atomic mass is 10.1. The Kier molecular flexibility index (Phi) is 3.63. The van der Waals surface area contributed by atoms with E-state index in [2.05, 4.69) is 0 Å². The molecule has 2 N–H and O–H groups in total. The van der Waals surface area contributed by atoms with E-state index in [1.807, 2.05) is 0 Å². The number of carbonyl (C=O) groups is 2. The molecule has 0 bridgehead atoms. The smallest absolute Gasteiger partial charge is 0.337 e. The van der Waals surface area contributed by atoms with Crippen LogP contribution in [-0.4, -0.2) is 41.1 Å². The number of hydrogen-bond donors (Lipinski definition) is 2. The molecule has 0 aliphatic heterocycles. The van der Waals surface area contributed by atoms with Crippen molar-refractivity contribution in [1.82, 2.24) is 4.90 Å². The van der Waals surface area contributed by atoms with Gasteiger partial charge in [0.25, 0.3) is 5.91 Å². The van der Waals surface area contributed by atoms with Gasteiger partial charge in [0.1, 0.15) is 0 Å². The average molecular weight is 223 g/mol. The number of carboxylic acids is 1. The Morgan fingerprint density at radius 2 is 1.69 bits per heavy atom. The molecule has 0 fully saturated rings. The Labute approximate surface area is 92.9 Å². The van der Waals surface area contributed by atoms with E-state index in [0.717, 1.165) is 0 Å². The third-order valence-corrected chi connectivity index (χ3v) is 2.11. The van der Waals surface area contributed by atoms with E-state index in [4.69, 9.17) is 5.11 Å². The highest BCUT2D eigenvalue weighted by Crippen LogP contribution is 2.14. The van der Waals surface area contributed by atoms with Gasteiger partial charge in [0.15, 0.2) is 6.10 Å². The molecule has 1 aromatic carbocycles. The average Bonchev–Trinajstić information content (AvgIpc) is 2.27. The molecule has 0 spiro atoms. The van der Waals surface area contributed by atoms with Crippen LogP contribution in [0.5, 0.6) is 0 Å². The summed E-state index contributed by atoms with van der Waals surface area (Å²) >= 11 is 0. The Morgan fingerprint density at radius 1 is 1.19 bits per heavy atom. The molecular weight excluding hydrogens is 210 g/mol. The van der Waals surface area contributed by atoms with Gasteiger partial charge in [-0.05, 0) is 17.7 Å². The Balaban J connectivity index is 2.91. The first-order valence-corrected chi connectivity index (χ1v) is 4.66. The summed E-state index contributed by atoms with van der Waals surface area (Å²) in [6.07, 6.45) is -1.55. The van der Waals surface area contributed by atoms with Gasteiger partial charge in [0.2, 0.25) is 0 Å². The number of nitrogens with zero attached hydrogens (tertiary/aromatic N) is 1. The molecule has 1 atom stereocenters. The fraction of sp³-hybridized carbons (Fsp3) is 0.273. The zero-order valence-corrected chi connectivity index (χ0v) is 9.04. The van der Waals surface area contributed by atoms with Crippen molar-refractivity contribution >= 4 is 11.9 Å². The molecule has 5 heteroatoms. The van der Waals surface area contributed by atoms with Crippen molar-refractivity contribution in [3.63, 3.8) is 0 Å². The number of aliphatic carboxylic acids is 1. The Hall–Kier alpha value is -1.88. The van der Waals surface area contributed by atoms with Crippen molar-refractivity contribution in [1.29, 1.82) is 0 Å². The van der Waals surface area contributed by atoms with Crippen LogP contribution in [0.3, 0.4) is 0 Å². The highest BCUT2D eigenvalue weighted by atomic mass is 16.4. The van der Waals surface area contributed by atoms with Gasteiger partial charge in [-0.25, -0.2) is 4.79 Å². The van der Waals surface area contributed by atoms with Crippen molar-refractivity contribution in [2.75, 3.05) is 14.1 Å². The SMILES string of the molecule is CN(C)C(=O)c1ccc(C(O)C(=O)O)cc1. The van der Waals surface area contributed by atoms with Crippen LogP contribution in [0.15, 0.2) is 24.3 Å². The first kappa shape index (κ1) is 12.2. The third-order valence-electron chi connectivity index (χ3n) is 2.11. The van der Waals surface area contributed by atoms with Crippen LogP contribution >= 0.6 is 0 Å². The molecule has 0 heterocycles. The number of carboxylic acid groups (broad SMARTS) is 1. The van der Waals surface area contributed by atoms with E-state index in [-0.39, 0.29) is 11.5 Å². The standard InChI is InChI=1S/C11H13NO4/c1-12(2)10(14)8-5-3-7(4-6-8)9(13)11(15)16/h3-6,9,13H,1-2H3,(H,15,16). The summed E-state index contributed by atoms with van der Waals surface area (Å²) < 4.78 is 0. The molecule has 0 aliphatic carbocycles. The second kappa shape index (κ2) is 4.76. The van der Waals surface area contributed by atoms with Gasteiger partial charge in [-0.1, -0.05) is 12.1 Å². The first-order chi connectivity index (χ1) is 7.43. The largest absolute Gasteiger partial charge is 0.479 e. The van der Waals surface area contributed by atoms with Crippen molar-refractivity contribution in [2.24, 2.45) is 0 Å². The number of hydrogen-bond acceptors (Lipinski definition) is 3. The lowest BCUT2D eigenvalue weighted by Crippen LogP contribution is -2.21. The molecular formula is C11H13NO4. The van der Waals surface area contributed by atoms with Gasteiger partial charge in [-0.3, -0.25) is 4.79 Å². The van der Waals surface area contributed by atoms with E-state index in [9.17, 15) is 14.7 Å². The lowest BCUT2D eigenvalue weighted by molar-refractivity contribution is -0.146. The van der Waals surface area contributed by atoms with Crippen LogP contribution in [-0.2, 0) is 4.79 Å². The maximum atomic E-state index is 11.5. The van der Waals surface area contributed by atoms with Crippen LogP contribution < -0.4 is 0 Å². The highest BCUT2D eigenvalue weighted by Gasteiger charge is 2.16. The maximum Gasteiger partial charge on any atom is 0.337 e. The number of carbonyl (C=O) groups excluding carboxylic acids is 1. The minimum atomic E-state index is -1.55. The van der Waals surface area contributed by atoms with Gasteiger partial charge in [-0.2, -0.15) is 0 Å². The molecule has 0 saturated carbocycles. The van der Waals surface area contributed by atoms with Gasteiger partial charge in [0, 0.05) is 19.7 Å². The van der Waals surface area contributed by atoms with Crippen LogP contribution in [0.2, 0.25) is 0 Å². The number of aliphatic hydroxyl groups is 1. The molecule has 1 amide bonds. The summed E-state index contributed by atoms with van der Waals surface area (Å²) in [6, 6.07) is 5.83. The normalized spacial score (nSPS) is 11.9. The third kappa shape index (κ3) is 2.58. The molecule has 5 nitrogen and oxygen atoms in total. The number of rotatable bonds is 3. The van der Waals surface area contributed by atoms with Crippen molar-refractivity contribution in [2.45, 2.75) is 6.10 Å². The minimum Gasteiger partial charge on any atom is -0.479 e. The van der Waals surface area contributed by atoms with E-state index >= 15 is 0 Å². The Bertz CT molecular complexity index is 397. The quantitative estimate of drug-likeness (QED) is 0.782. The number of amides is 1. The minimum absolute atomic E-state index is 0.170. The van der Waals surface area contributed by atoms with E-state index in [1.165, 1.54) is 29.2 Å². The van der Waals surface area contributed by atoms with Crippen molar-refractivity contribution in [3.05, 3.63) is 35.4 Å². The second-order valence-electron chi connectivity index (χ2n) is 3.56. The topological polar surface area (TPSA) is 77.8 Å². The van der Waals surface area contributed by atoms with Gasteiger partial charge in [-0.15, -0.1) is 0 Å². The number of aliphatic hydroxyl groups excluding tert-OH is 1. The summed E-state index contributed by atoms with van der Waals surface area (Å²) in [4.78, 5) is 23.4. The zero-order valence-electron chi connectivity index (χ0n) is 9.04. The highest BCUT2D eigenvalue weighted by molar-refractivity contribution is 5.94. The summed E-state index contributed by atoms with van der Waals surface area (Å²) in [5.74, 6) is -1.48. The molecule has 0 saturated heterocycles. The predicted octanol–water partition coefficient (Wildman–Crippen LogP) is 0.506. The first-order valence-electron chi connectivity index (χ1n) is 4.66. The van der Waals surface area contributed by atoms with E-state index in [0.29, 0.717) is 5.56 Å². The predicted molar refractivity (Wildman–Crippen MR) is 57.1 cm³/mol. The molecule has 0 aromatic heterocycles. The number of benzene rings is 1. The molecule has 1 aromatic rings. The zero-order chi connectivity index (χ0) is 12.3. The summed E-state index contributed by atoms with van der Waals surface area (Å²) in [7, 11) is 3.25. The van der Waals surface area contributed by atoms with Crippen LogP contribution in [0, 0.1) is 0 Å². The monoisotopic (exact) mass is 223 g/mol. The second-order valence-corrected chi connectivity index (χ2v) is 3.56. The Morgan fingerprint density at radius 3 is 2.06 bits per heavy atom. The van der Waals surface area contributed by atoms with Crippen LogP contribution in [0.4, 0.5) is 0 Å². The van der Waals surface area contributed by atoms with Crippen LogP contribution in [0.1, 0.15) is 22.0 Å². The van der Waals surface area contributed by atoms with Crippen molar-refractivity contribution in [3.8, 4) is 0 Å². The van der Waals surface area contributed by atoms with Crippen molar-refractivity contribution < 1.29 is 19.8 Å². The molecule has 86 valence electrons. The van der Waals surface area contributed by atoms with E-state index in [1.54, 1.807) is 14.1 Å². The van der Waals surface area contributed by atoms with Gasteiger partial charge < -0.3 is 15.1 Å². The van der Waals surface area contributed by atoms with Gasteiger partial charge in [0.05, 0.1) is 0 Å². The maximum absolute atomic E-state index is 11.5. The molecule has 0 radical (unpaired) electrons. The molecule has 1 rings (SSSR count). The van der Waals surface area contributed by atoms with Crippen LogP contribution in [0.25, 0.3) is 0 Å². The van der Waals surface area contributed by atoms with Gasteiger partial charge >= 0.3 is 5.97 Å². The summed E-state index contributed by atoms with van der Waals surface area (Å²) in [6.45, 7) is 0.